The minimum absolute atomic E-state index is 0.0116. The third-order valence-electron chi connectivity index (χ3n) is 4.53. The van der Waals surface area contributed by atoms with Gasteiger partial charge in [-0.15, -0.1) is 0 Å². The van der Waals surface area contributed by atoms with E-state index >= 15 is 0 Å². The molecule has 33 heavy (non-hydrogen) atoms. The second-order valence-electron chi connectivity index (χ2n) is 6.87. The standard InChI is InChI=1S/C22H21N3O7S/c1-15-7-8-16(23-22(26)14-32-18-11-9-17(10-12-18)25(27)28)13-21(15)33(29,30)24-19-5-3-4-6-20(19)31-2/h3-13,24H,14H2,1-2H3,(H,23,26). The van der Waals surface area contributed by atoms with Gasteiger partial charge in [-0.1, -0.05) is 18.2 Å². The number of rotatable bonds is 9. The monoisotopic (exact) mass is 471 g/mol. The maximum atomic E-state index is 13.0. The van der Waals surface area contributed by atoms with Gasteiger partial charge in [-0.3, -0.25) is 19.6 Å². The Morgan fingerprint density at radius 1 is 1.06 bits per heavy atom. The highest BCUT2D eigenvalue weighted by Gasteiger charge is 2.20. The van der Waals surface area contributed by atoms with Crippen molar-refractivity contribution >= 4 is 33.0 Å². The van der Waals surface area contributed by atoms with Crippen LogP contribution in [0.5, 0.6) is 11.5 Å². The zero-order valence-corrected chi connectivity index (χ0v) is 18.6. The highest BCUT2D eigenvalue weighted by Crippen LogP contribution is 2.28. The van der Waals surface area contributed by atoms with Gasteiger partial charge in [0.05, 0.1) is 22.6 Å². The Hall–Kier alpha value is -4.12. The Bertz CT molecular complexity index is 1280. The van der Waals surface area contributed by atoms with Gasteiger partial charge in [0.1, 0.15) is 11.5 Å². The molecule has 2 N–H and O–H groups in total. The molecule has 0 bridgehead atoms. The largest absolute Gasteiger partial charge is 0.495 e. The molecule has 3 rings (SSSR count). The topological polar surface area (TPSA) is 137 Å². The number of ether oxygens (including phenoxy) is 2. The summed E-state index contributed by atoms with van der Waals surface area (Å²) >= 11 is 0. The summed E-state index contributed by atoms with van der Waals surface area (Å²) in [6.45, 7) is 1.27. The first-order chi connectivity index (χ1) is 15.7. The van der Waals surface area contributed by atoms with Crippen LogP contribution in [0.1, 0.15) is 5.56 Å². The zero-order chi connectivity index (χ0) is 24.0. The Balaban J connectivity index is 1.70. The highest BCUT2D eigenvalue weighted by atomic mass is 32.2. The number of anilines is 2. The van der Waals surface area contributed by atoms with Crippen molar-refractivity contribution in [3.05, 3.63) is 82.4 Å². The molecular formula is C22H21N3O7S. The smallest absolute Gasteiger partial charge is 0.269 e. The number of nitro benzene ring substituents is 1. The van der Waals surface area contributed by atoms with E-state index < -0.39 is 20.9 Å². The van der Waals surface area contributed by atoms with Crippen LogP contribution in [-0.4, -0.2) is 33.0 Å². The van der Waals surface area contributed by atoms with Gasteiger partial charge < -0.3 is 14.8 Å². The average Bonchev–Trinajstić information content (AvgIpc) is 2.79. The molecule has 0 unspecified atom stereocenters. The second-order valence-corrected chi connectivity index (χ2v) is 8.52. The van der Waals surface area contributed by atoms with E-state index in [1.165, 1.54) is 37.4 Å². The minimum atomic E-state index is -3.97. The van der Waals surface area contributed by atoms with Gasteiger partial charge in [-0.25, -0.2) is 8.42 Å². The lowest BCUT2D eigenvalue weighted by molar-refractivity contribution is -0.384. The molecule has 172 valence electrons. The molecular weight excluding hydrogens is 450 g/mol. The Labute approximate surface area is 190 Å². The number of benzene rings is 3. The summed E-state index contributed by atoms with van der Waals surface area (Å²) in [5, 5.41) is 13.3. The maximum absolute atomic E-state index is 13.0. The molecule has 3 aromatic carbocycles. The number of nitrogens with one attached hydrogen (secondary N) is 2. The lowest BCUT2D eigenvalue weighted by atomic mass is 10.2. The van der Waals surface area contributed by atoms with Crippen LogP contribution in [0.2, 0.25) is 0 Å². The van der Waals surface area contributed by atoms with Gasteiger partial charge in [0.2, 0.25) is 0 Å². The molecule has 0 aliphatic rings. The van der Waals surface area contributed by atoms with Crippen LogP contribution < -0.4 is 19.5 Å². The van der Waals surface area contributed by atoms with Crippen LogP contribution in [0.25, 0.3) is 0 Å². The van der Waals surface area contributed by atoms with Crippen molar-refractivity contribution in [2.24, 2.45) is 0 Å². The summed E-state index contributed by atoms with van der Waals surface area (Å²) in [6.07, 6.45) is 0. The number of para-hydroxylation sites is 2. The molecule has 0 aromatic heterocycles. The van der Waals surface area contributed by atoms with E-state index in [-0.39, 0.29) is 34.3 Å². The number of non-ortho nitro benzene ring substituents is 1. The van der Waals surface area contributed by atoms with Crippen molar-refractivity contribution in [2.45, 2.75) is 11.8 Å². The fourth-order valence-electron chi connectivity index (χ4n) is 2.91. The zero-order valence-electron chi connectivity index (χ0n) is 17.8. The first kappa shape index (κ1) is 23.5. The quantitative estimate of drug-likeness (QED) is 0.358. The van der Waals surface area contributed by atoms with Gasteiger partial charge in [0, 0.05) is 17.8 Å². The number of sulfonamides is 1. The molecule has 3 aromatic rings. The van der Waals surface area contributed by atoms with Crippen molar-refractivity contribution in [1.82, 2.24) is 0 Å². The van der Waals surface area contributed by atoms with E-state index in [2.05, 4.69) is 10.0 Å². The summed E-state index contributed by atoms with van der Waals surface area (Å²) in [5.74, 6) is 0.119. The summed E-state index contributed by atoms with van der Waals surface area (Å²) in [6, 6.07) is 16.4. The van der Waals surface area contributed by atoms with E-state index in [4.69, 9.17) is 9.47 Å². The SMILES string of the molecule is COc1ccccc1NS(=O)(=O)c1cc(NC(=O)COc2ccc([N+](=O)[O-])cc2)ccc1C. The Kier molecular flexibility index (Phi) is 7.13. The summed E-state index contributed by atoms with van der Waals surface area (Å²) in [4.78, 5) is 22.4. The van der Waals surface area contributed by atoms with Crippen molar-refractivity contribution in [2.75, 3.05) is 23.8 Å². The van der Waals surface area contributed by atoms with Crippen LogP contribution in [0.3, 0.4) is 0 Å². The molecule has 1 amide bonds. The number of hydrogen-bond donors (Lipinski definition) is 2. The van der Waals surface area contributed by atoms with E-state index in [0.717, 1.165) is 0 Å². The predicted octanol–water partition coefficient (Wildman–Crippen LogP) is 3.73. The van der Waals surface area contributed by atoms with E-state index in [9.17, 15) is 23.3 Å². The van der Waals surface area contributed by atoms with Crippen LogP contribution in [0.4, 0.5) is 17.1 Å². The van der Waals surface area contributed by atoms with Gasteiger partial charge in [0.15, 0.2) is 6.61 Å². The van der Waals surface area contributed by atoms with Crippen molar-refractivity contribution in [1.29, 1.82) is 0 Å². The number of aryl methyl sites for hydroxylation is 1. The van der Waals surface area contributed by atoms with E-state index in [0.29, 0.717) is 11.3 Å². The third kappa shape index (κ3) is 5.98. The molecule has 0 atom stereocenters. The maximum Gasteiger partial charge on any atom is 0.269 e. The highest BCUT2D eigenvalue weighted by molar-refractivity contribution is 7.92. The molecule has 0 spiro atoms. The fraction of sp³-hybridized carbons (Fsp3) is 0.136. The van der Waals surface area contributed by atoms with Crippen LogP contribution in [0.15, 0.2) is 71.6 Å². The lowest BCUT2D eigenvalue weighted by Crippen LogP contribution is -2.21. The van der Waals surface area contributed by atoms with Crippen LogP contribution in [-0.2, 0) is 14.8 Å². The first-order valence-corrected chi connectivity index (χ1v) is 11.1. The number of hydrogen-bond acceptors (Lipinski definition) is 7. The number of carbonyl (C=O) groups is 1. The van der Waals surface area contributed by atoms with E-state index in [1.54, 1.807) is 43.3 Å². The van der Waals surface area contributed by atoms with Gasteiger partial charge in [0.25, 0.3) is 21.6 Å². The summed E-state index contributed by atoms with van der Waals surface area (Å²) in [5.41, 5.74) is 0.933. The molecule has 0 aliphatic carbocycles. The predicted molar refractivity (Wildman–Crippen MR) is 122 cm³/mol. The minimum Gasteiger partial charge on any atom is -0.495 e. The first-order valence-electron chi connectivity index (χ1n) is 9.63. The molecule has 0 fully saturated rings. The normalized spacial score (nSPS) is 10.8. The van der Waals surface area contributed by atoms with Gasteiger partial charge in [-0.2, -0.15) is 0 Å². The molecule has 0 aliphatic heterocycles. The van der Waals surface area contributed by atoms with Crippen LogP contribution in [0, 0.1) is 17.0 Å². The number of nitrogens with zero attached hydrogens (tertiary/aromatic N) is 1. The van der Waals surface area contributed by atoms with Crippen molar-refractivity contribution in [3.63, 3.8) is 0 Å². The average molecular weight is 471 g/mol. The fourth-order valence-corrected chi connectivity index (χ4v) is 4.25. The Morgan fingerprint density at radius 2 is 1.76 bits per heavy atom. The number of carbonyl (C=O) groups excluding carboxylic acids is 1. The van der Waals surface area contributed by atoms with Crippen molar-refractivity contribution < 1.29 is 27.6 Å². The number of nitro groups is 1. The molecule has 0 saturated carbocycles. The summed E-state index contributed by atoms with van der Waals surface area (Å²) in [7, 11) is -2.53. The van der Waals surface area contributed by atoms with Gasteiger partial charge in [-0.05, 0) is 48.9 Å². The third-order valence-corrected chi connectivity index (χ3v) is 6.04. The lowest BCUT2D eigenvalue weighted by Gasteiger charge is -2.14. The van der Waals surface area contributed by atoms with E-state index in [1.807, 2.05) is 0 Å². The summed E-state index contributed by atoms with van der Waals surface area (Å²) < 4.78 is 38.9. The number of amides is 1. The molecule has 11 heteroatoms. The molecule has 0 radical (unpaired) electrons. The molecule has 10 nitrogen and oxygen atoms in total. The second kappa shape index (κ2) is 10.0. The molecule has 0 saturated heterocycles. The van der Waals surface area contributed by atoms with Gasteiger partial charge >= 0.3 is 0 Å². The molecule has 0 heterocycles. The van der Waals surface area contributed by atoms with Crippen LogP contribution >= 0.6 is 0 Å². The Morgan fingerprint density at radius 3 is 2.42 bits per heavy atom. The number of methoxy groups -OCH3 is 1. The van der Waals surface area contributed by atoms with Crippen molar-refractivity contribution in [3.8, 4) is 11.5 Å².